The molecule has 0 aliphatic rings. The number of aliphatic hydroxyl groups is 1. The maximum atomic E-state index is 12.2. The smallest absolute Gasteiger partial charge is 0.305 e. The Balaban J connectivity index is 4.19. The van der Waals surface area contributed by atoms with Gasteiger partial charge < -0.3 is 14.6 Å². The fourth-order valence-corrected chi connectivity index (χ4v) is 4.31. The van der Waals surface area contributed by atoms with E-state index in [0.29, 0.717) is 12.8 Å². The molecule has 0 aliphatic heterocycles. The summed E-state index contributed by atoms with van der Waals surface area (Å²) in [4.78, 5) is 24.4. The van der Waals surface area contributed by atoms with Gasteiger partial charge in [0.2, 0.25) is 0 Å². The van der Waals surface area contributed by atoms with Crippen molar-refractivity contribution in [3.63, 3.8) is 0 Å². The molecule has 0 saturated heterocycles. The van der Waals surface area contributed by atoms with Crippen LogP contribution >= 0.6 is 0 Å². The molecule has 0 spiro atoms. The van der Waals surface area contributed by atoms with E-state index in [2.05, 4.69) is 47.6 Å². The van der Waals surface area contributed by atoms with E-state index < -0.39 is 31.1 Å². The van der Waals surface area contributed by atoms with E-state index in [9.17, 15) is 14.7 Å². The van der Waals surface area contributed by atoms with Crippen molar-refractivity contribution in [3.05, 3.63) is 24.3 Å². The number of allylic oxidation sites excluding steroid dienone is 4. The Labute approximate surface area is 254 Å². The zero-order chi connectivity index (χ0) is 33.9. The maximum absolute atomic E-state index is 12.2. The van der Waals surface area contributed by atoms with Gasteiger partial charge in [-0.1, -0.05) is 115 Å². The summed E-state index contributed by atoms with van der Waals surface area (Å²) in [6.07, 6.45) is 27.9. The number of rotatable bonds is 30. The van der Waals surface area contributed by atoms with Gasteiger partial charge in [-0.15, -0.1) is 0 Å². The SMILES string of the molecule is [2H]C([2H])(OC(=O)CCCCCCC/C=C/CCCCCC)C([2H])(O)C([2H])([2H])OC(=O)CCCCCCC/C=C/CCCCCC. The minimum atomic E-state index is -3.65. The Morgan fingerprint density at radius 3 is 1.23 bits per heavy atom. The standard InChI is InChI=1S/C35H64O5/c1-3-5-7-9-11-13-15-17-19-21-23-25-27-29-34(37)39-31-33(36)32-40-35(38)30-28-26-24-22-20-18-16-14-12-10-8-6-4-2/h13-16,33,36H,3-12,17-32H2,1-2H3/b15-13+,16-14+/i31D2,32D2,33D. The highest BCUT2D eigenvalue weighted by Gasteiger charge is 2.12. The molecule has 234 valence electrons. The van der Waals surface area contributed by atoms with Crippen molar-refractivity contribution in [1.82, 2.24) is 0 Å². The topological polar surface area (TPSA) is 72.8 Å². The van der Waals surface area contributed by atoms with Crippen molar-refractivity contribution < 1.29 is 31.0 Å². The molecule has 0 fully saturated rings. The maximum Gasteiger partial charge on any atom is 0.305 e. The van der Waals surface area contributed by atoms with Crippen LogP contribution in [0, 0.1) is 0 Å². The molecule has 0 saturated carbocycles. The Morgan fingerprint density at radius 1 is 0.575 bits per heavy atom. The summed E-state index contributed by atoms with van der Waals surface area (Å²) in [6, 6.07) is 0. The average Bonchev–Trinajstić information content (AvgIpc) is 2.97. The Bertz CT molecular complexity index is 750. The van der Waals surface area contributed by atoms with E-state index in [0.717, 1.165) is 77.0 Å². The molecule has 0 atom stereocenters. The number of carbonyl (C=O) groups is 2. The van der Waals surface area contributed by atoms with Crippen LogP contribution in [0.4, 0.5) is 0 Å². The van der Waals surface area contributed by atoms with Crippen LogP contribution in [0.2, 0.25) is 0 Å². The minimum absolute atomic E-state index is 0.120. The molecular formula is C35H64O5. The zero-order valence-electron chi connectivity index (χ0n) is 30.9. The highest BCUT2D eigenvalue weighted by atomic mass is 16.6. The molecule has 40 heavy (non-hydrogen) atoms. The van der Waals surface area contributed by atoms with Gasteiger partial charge in [0.25, 0.3) is 0 Å². The second kappa shape index (κ2) is 31.9. The Hall–Kier alpha value is -1.62. The second-order valence-electron chi connectivity index (χ2n) is 10.8. The predicted molar refractivity (Wildman–Crippen MR) is 168 cm³/mol. The number of carbonyl (C=O) groups excluding carboxylic acids is 2. The number of esters is 2. The molecule has 0 unspecified atom stereocenters. The summed E-state index contributed by atoms with van der Waals surface area (Å²) in [5.41, 5.74) is 0. The highest BCUT2D eigenvalue weighted by molar-refractivity contribution is 5.69. The summed E-state index contributed by atoms with van der Waals surface area (Å²) < 4.78 is 48.8. The fraction of sp³-hybridized carbons (Fsp3) is 0.829. The van der Waals surface area contributed by atoms with Gasteiger partial charge in [0.05, 0.1) is 6.85 Å². The van der Waals surface area contributed by atoms with Gasteiger partial charge in [0.15, 0.2) is 0 Å². The van der Waals surface area contributed by atoms with Crippen LogP contribution in [-0.2, 0) is 19.1 Å². The van der Waals surface area contributed by atoms with Gasteiger partial charge in [-0.3, -0.25) is 9.59 Å². The molecule has 1 N–H and O–H groups in total. The monoisotopic (exact) mass is 570 g/mol. The quantitative estimate of drug-likeness (QED) is 0.0529. The molecule has 0 aromatic heterocycles. The van der Waals surface area contributed by atoms with Crippen LogP contribution < -0.4 is 0 Å². The zero-order valence-corrected chi connectivity index (χ0v) is 25.9. The van der Waals surface area contributed by atoms with Gasteiger partial charge >= 0.3 is 11.9 Å². The molecule has 0 aromatic rings. The molecule has 5 heteroatoms. The molecule has 0 heterocycles. The third kappa shape index (κ3) is 30.9. The molecule has 0 aliphatic carbocycles. The van der Waals surface area contributed by atoms with Gasteiger partial charge in [0.1, 0.15) is 19.2 Å². The van der Waals surface area contributed by atoms with Crippen LogP contribution in [0.3, 0.4) is 0 Å². The van der Waals surface area contributed by atoms with Gasteiger partial charge in [-0.2, -0.15) is 0 Å². The minimum Gasteiger partial charge on any atom is -0.463 e. The van der Waals surface area contributed by atoms with E-state index in [1.165, 1.54) is 51.4 Å². The molecule has 0 radical (unpaired) electrons. The lowest BCUT2D eigenvalue weighted by molar-refractivity contribution is -0.152. The van der Waals surface area contributed by atoms with Gasteiger partial charge in [0, 0.05) is 12.8 Å². The summed E-state index contributed by atoms with van der Waals surface area (Å²) in [5, 5.41) is 10.4. The normalized spacial score (nSPS) is 14.5. The van der Waals surface area contributed by atoms with Crippen molar-refractivity contribution >= 4 is 11.9 Å². The van der Waals surface area contributed by atoms with E-state index in [4.69, 9.17) is 6.85 Å². The van der Waals surface area contributed by atoms with Crippen LogP contribution in [0.15, 0.2) is 24.3 Å². The van der Waals surface area contributed by atoms with Crippen LogP contribution in [-0.4, -0.2) is 36.2 Å². The Kier molecular flexibility index (Phi) is 23.8. The summed E-state index contributed by atoms with van der Waals surface area (Å²) >= 11 is 0. The Morgan fingerprint density at radius 2 is 0.875 bits per heavy atom. The van der Waals surface area contributed by atoms with Crippen molar-refractivity contribution in [2.75, 3.05) is 13.1 Å². The van der Waals surface area contributed by atoms with Crippen molar-refractivity contribution in [2.45, 2.75) is 174 Å². The van der Waals surface area contributed by atoms with E-state index in [1.807, 2.05) is 0 Å². The molecule has 0 bridgehead atoms. The molecule has 5 nitrogen and oxygen atoms in total. The number of hydrogen-bond donors (Lipinski definition) is 1. The summed E-state index contributed by atoms with van der Waals surface area (Å²) in [7, 11) is 0. The first-order chi connectivity index (χ1) is 21.4. The lowest BCUT2D eigenvalue weighted by Gasteiger charge is -2.12. The average molecular weight is 570 g/mol. The largest absolute Gasteiger partial charge is 0.463 e. The number of unbranched alkanes of at least 4 members (excludes halogenated alkanes) is 18. The van der Waals surface area contributed by atoms with Gasteiger partial charge in [-0.05, 0) is 64.2 Å². The van der Waals surface area contributed by atoms with Crippen LogP contribution in [0.25, 0.3) is 0 Å². The van der Waals surface area contributed by atoms with Gasteiger partial charge in [-0.25, -0.2) is 0 Å². The van der Waals surface area contributed by atoms with Crippen LogP contribution in [0.5, 0.6) is 0 Å². The second-order valence-corrected chi connectivity index (χ2v) is 10.8. The number of ether oxygens (including phenoxy) is 2. The lowest BCUT2D eigenvalue weighted by Crippen LogP contribution is -2.25. The van der Waals surface area contributed by atoms with E-state index in [1.54, 1.807) is 0 Å². The predicted octanol–water partition coefficient (Wildman–Crippen LogP) is 9.95. The van der Waals surface area contributed by atoms with E-state index in [-0.39, 0.29) is 12.8 Å². The highest BCUT2D eigenvalue weighted by Crippen LogP contribution is 2.11. The first-order valence-electron chi connectivity index (χ1n) is 18.9. The molecular weight excluding hydrogens is 500 g/mol. The van der Waals surface area contributed by atoms with E-state index >= 15 is 0 Å². The molecule has 0 aromatic carbocycles. The lowest BCUT2D eigenvalue weighted by atomic mass is 10.1. The first-order valence-corrected chi connectivity index (χ1v) is 16.4. The molecule has 0 rings (SSSR count). The summed E-state index contributed by atoms with van der Waals surface area (Å²) in [5.74, 6) is -1.97. The first kappa shape index (κ1) is 29.9. The third-order valence-corrected chi connectivity index (χ3v) is 6.81. The fourth-order valence-electron chi connectivity index (χ4n) is 4.31. The van der Waals surface area contributed by atoms with Crippen molar-refractivity contribution in [1.29, 1.82) is 0 Å². The summed E-state index contributed by atoms with van der Waals surface area (Å²) in [6.45, 7) is -2.45. The van der Waals surface area contributed by atoms with Crippen molar-refractivity contribution in [3.8, 4) is 0 Å². The third-order valence-electron chi connectivity index (χ3n) is 6.81. The van der Waals surface area contributed by atoms with Crippen LogP contribution in [0.1, 0.15) is 175 Å². The van der Waals surface area contributed by atoms with Crippen molar-refractivity contribution in [2.24, 2.45) is 0 Å². The number of hydrogen-bond acceptors (Lipinski definition) is 5. The molecule has 0 amide bonds.